The summed E-state index contributed by atoms with van der Waals surface area (Å²) in [7, 11) is 1.68. The van der Waals surface area contributed by atoms with E-state index in [0.29, 0.717) is 58.1 Å². The summed E-state index contributed by atoms with van der Waals surface area (Å²) in [5.41, 5.74) is 1.72. The fourth-order valence-electron chi connectivity index (χ4n) is 4.59. The lowest BCUT2D eigenvalue weighted by Gasteiger charge is -2.32. The van der Waals surface area contributed by atoms with Crippen molar-refractivity contribution in [2.75, 3.05) is 46.2 Å². The maximum atomic E-state index is 12.9. The second-order valence-electron chi connectivity index (χ2n) is 10.5. The number of rotatable bonds is 14. The summed E-state index contributed by atoms with van der Waals surface area (Å²) in [5, 5.41) is 11.6. The molecule has 1 aliphatic heterocycles. The van der Waals surface area contributed by atoms with Gasteiger partial charge in [0, 0.05) is 32.2 Å². The standard InChI is InChI=1S/C27H40N4O8/c1-27(2,3)30(26(35)36)11-13-38-15-17-39-16-14-37-12-5-6-19-7-8-20-22(18-19)29(4)25(34)31(20)21-9-10-23(32)28-24(21)33/h7-8,18,21H,5-6,9-17H2,1-4H3,(H,35,36)(H,28,32,33). The molecule has 12 nitrogen and oxygen atoms in total. The van der Waals surface area contributed by atoms with Crippen molar-refractivity contribution < 1.29 is 33.7 Å². The van der Waals surface area contributed by atoms with Crippen LogP contribution in [0.5, 0.6) is 0 Å². The monoisotopic (exact) mass is 548 g/mol. The molecule has 1 aromatic heterocycles. The van der Waals surface area contributed by atoms with Gasteiger partial charge in [0.05, 0.1) is 44.1 Å². The number of carbonyl (C=O) groups is 3. The van der Waals surface area contributed by atoms with Gasteiger partial charge in [0.25, 0.3) is 0 Å². The summed E-state index contributed by atoms with van der Waals surface area (Å²) in [6.45, 7) is 8.39. The highest BCUT2D eigenvalue weighted by Crippen LogP contribution is 2.24. The summed E-state index contributed by atoms with van der Waals surface area (Å²) in [6, 6.07) is 5.07. The third kappa shape index (κ3) is 8.13. The van der Waals surface area contributed by atoms with Crippen LogP contribution in [0.15, 0.2) is 23.0 Å². The van der Waals surface area contributed by atoms with Crippen molar-refractivity contribution in [3.8, 4) is 0 Å². The first-order valence-corrected chi connectivity index (χ1v) is 13.3. The highest BCUT2D eigenvalue weighted by Gasteiger charge is 2.31. The van der Waals surface area contributed by atoms with Crippen molar-refractivity contribution in [3.63, 3.8) is 0 Å². The predicted molar refractivity (Wildman–Crippen MR) is 144 cm³/mol. The average molecular weight is 549 g/mol. The molecule has 1 saturated heterocycles. The number of amides is 3. The molecule has 3 amide bonds. The SMILES string of the molecule is Cn1c(=O)n(C2CCC(=O)NC2=O)c2ccc(CCCOCCOCCOCCN(C(=O)O)C(C)(C)C)cc21. The minimum Gasteiger partial charge on any atom is -0.465 e. The van der Waals surface area contributed by atoms with E-state index in [-0.39, 0.29) is 18.0 Å². The number of ether oxygens (including phenoxy) is 3. The lowest BCUT2D eigenvalue weighted by molar-refractivity contribution is -0.135. The first-order valence-electron chi connectivity index (χ1n) is 13.3. The van der Waals surface area contributed by atoms with E-state index in [4.69, 9.17) is 14.2 Å². The van der Waals surface area contributed by atoms with Crippen LogP contribution < -0.4 is 11.0 Å². The molecule has 216 valence electrons. The Kier molecular flexibility index (Phi) is 10.7. The Morgan fingerprint density at radius 3 is 2.28 bits per heavy atom. The minimum absolute atomic E-state index is 0.210. The number of imidazole rings is 1. The number of imide groups is 1. The second-order valence-corrected chi connectivity index (χ2v) is 10.5. The molecule has 1 unspecified atom stereocenters. The molecule has 0 aliphatic carbocycles. The Morgan fingerprint density at radius 2 is 1.67 bits per heavy atom. The highest BCUT2D eigenvalue weighted by atomic mass is 16.5. The Balaban J connectivity index is 1.33. The molecular formula is C27H40N4O8. The van der Waals surface area contributed by atoms with Gasteiger partial charge >= 0.3 is 11.8 Å². The van der Waals surface area contributed by atoms with Crippen LogP contribution in [0, 0.1) is 0 Å². The molecule has 0 spiro atoms. The van der Waals surface area contributed by atoms with Gasteiger partial charge in [0.2, 0.25) is 11.8 Å². The Hall–Kier alpha value is -3.22. The van der Waals surface area contributed by atoms with Gasteiger partial charge in [-0.1, -0.05) is 6.07 Å². The molecular weight excluding hydrogens is 508 g/mol. The van der Waals surface area contributed by atoms with Crippen molar-refractivity contribution in [2.24, 2.45) is 7.05 Å². The average Bonchev–Trinajstić information content (AvgIpc) is 3.10. The van der Waals surface area contributed by atoms with Gasteiger partial charge < -0.3 is 24.2 Å². The van der Waals surface area contributed by atoms with Crippen LogP contribution in [0.3, 0.4) is 0 Å². The number of carboxylic acid groups (broad SMARTS) is 1. The number of hydrogen-bond acceptors (Lipinski definition) is 7. The summed E-state index contributed by atoms with van der Waals surface area (Å²) in [6.07, 6.45) is 1.12. The van der Waals surface area contributed by atoms with E-state index < -0.39 is 23.6 Å². The molecule has 2 heterocycles. The number of carbonyl (C=O) groups excluding carboxylic acids is 2. The molecule has 0 radical (unpaired) electrons. The topological polar surface area (TPSA) is 141 Å². The molecule has 1 atom stereocenters. The van der Waals surface area contributed by atoms with E-state index in [0.717, 1.165) is 23.9 Å². The Labute approximate surface area is 227 Å². The van der Waals surface area contributed by atoms with Gasteiger partial charge in [-0.25, -0.2) is 9.59 Å². The third-order valence-corrected chi connectivity index (χ3v) is 6.67. The fourth-order valence-corrected chi connectivity index (χ4v) is 4.59. The van der Waals surface area contributed by atoms with Crippen LogP contribution in [0.1, 0.15) is 51.6 Å². The van der Waals surface area contributed by atoms with Gasteiger partial charge in [-0.05, 0) is 57.7 Å². The predicted octanol–water partition coefficient (Wildman–Crippen LogP) is 2.08. The number of nitrogens with zero attached hydrogens (tertiary/aromatic N) is 3. The van der Waals surface area contributed by atoms with Crippen molar-refractivity contribution in [2.45, 2.75) is 58.0 Å². The largest absolute Gasteiger partial charge is 0.465 e. The Bertz CT molecular complexity index is 1210. The molecule has 1 fully saturated rings. The fraction of sp³-hybridized carbons (Fsp3) is 0.630. The summed E-state index contributed by atoms with van der Waals surface area (Å²) in [5.74, 6) is -0.755. The highest BCUT2D eigenvalue weighted by molar-refractivity contribution is 6.00. The smallest absolute Gasteiger partial charge is 0.407 e. The summed E-state index contributed by atoms with van der Waals surface area (Å²) in [4.78, 5) is 49.3. The van der Waals surface area contributed by atoms with Gasteiger partial charge in [-0.15, -0.1) is 0 Å². The molecule has 1 aliphatic rings. The van der Waals surface area contributed by atoms with Gasteiger partial charge in [-0.2, -0.15) is 0 Å². The number of piperidine rings is 1. The summed E-state index contributed by atoms with van der Waals surface area (Å²) >= 11 is 0. The molecule has 0 bridgehead atoms. The van der Waals surface area contributed by atoms with Gasteiger partial charge in [0.15, 0.2) is 0 Å². The molecule has 2 N–H and O–H groups in total. The van der Waals surface area contributed by atoms with Crippen LogP contribution >= 0.6 is 0 Å². The van der Waals surface area contributed by atoms with E-state index in [9.17, 15) is 24.3 Å². The first-order chi connectivity index (χ1) is 18.5. The van der Waals surface area contributed by atoms with Crippen LogP contribution in [0.2, 0.25) is 0 Å². The number of fused-ring (bicyclic) bond motifs is 1. The van der Waals surface area contributed by atoms with Crippen LogP contribution in [-0.2, 0) is 37.3 Å². The van der Waals surface area contributed by atoms with Gasteiger partial charge in [0.1, 0.15) is 6.04 Å². The molecule has 0 saturated carbocycles. The molecule has 3 rings (SSSR count). The van der Waals surface area contributed by atoms with Crippen LogP contribution in [0.4, 0.5) is 4.79 Å². The lowest BCUT2D eigenvalue weighted by atomic mass is 10.1. The van der Waals surface area contributed by atoms with Crippen LogP contribution in [0.25, 0.3) is 11.0 Å². The maximum Gasteiger partial charge on any atom is 0.407 e. The lowest BCUT2D eigenvalue weighted by Crippen LogP contribution is -2.46. The Morgan fingerprint density at radius 1 is 1.03 bits per heavy atom. The number of benzene rings is 1. The first kappa shape index (κ1) is 30.3. The van der Waals surface area contributed by atoms with Crippen molar-refractivity contribution in [3.05, 3.63) is 34.2 Å². The number of aryl methyl sites for hydroxylation is 2. The number of aromatic nitrogens is 2. The molecule has 12 heteroatoms. The number of nitrogens with one attached hydrogen (secondary N) is 1. The number of hydrogen-bond donors (Lipinski definition) is 2. The summed E-state index contributed by atoms with van der Waals surface area (Å²) < 4.78 is 19.6. The molecule has 2 aromatic rings. The van der Waals surface area contributed by atoms with Crippen molar-refractivity contribution in [1.82, 2.24) is 19.4 Å². The van der Waals surface area contributed by atoms with Crippen molar-refractivity contribution in [1.29, 1.82) is 0 Å². The third-order valence-electron chi connectivity index (χ3n) is 6.67. The minimum atomic E-state index is -0.963. The second kappa shape index (κ2) is 13.7. The quantitative estimate of drug-likeness (QED) is 0.270. The van der Waals surface area contributed by atoms with E-state index in [2.05, 4.69) is 5.32 Å². The van der Waals surface area contributed by atoms with Crippen LogP contribution in [-0.4, -0.2) is 88.8 Å². The normalized spacial score (nSPS) is 16.1. The molecule has 39 heavy (non-hydrogen) atoms. The van der Waals surface area contributed by atoms with E-state index in [1.807, 2.05) is 39.0 Å². The zero-order valence-corrected chi connectivity index (χ0v) is 23.2. The maximum absolute atomic E-state index is 12.9. The molecule has 1 aromatic carbocycles. The zero-order valence-electron chi connectivity index (χ0n) is 23.2. The van der Waals surface area contributed by atoms with E-state index >= 15 is 0 Å². The van der Waals surface area contributed by atoms with Gasteiger partial charge in [-0.3, -0.25) is 24.0 Å². The zero-order chi connectivity index (χ0) is 28.6. The van der Waals surface area contributed by atoms with E-state index in [1.54, 1.807) is 7.05 Å². The van der Waals surface area contributed by atoms with Crippen molar-refractivity contribution >= 4 is 28.9 Å². The van der Waals surface area contributed by atoms with E-state index in [1.165, 1.54) is 14.0 Å².